The number of benzene rings is 1. The van der Waals surface area contributed by atoms with Crippen molar-refractivity contribution in [3.63, 3.8) is 0 Å². The predicted octanol–water partition coefficient (Wildman–Crippen LogP) is 2.43. The number of phenols is 1. The second-order valence-electron chi connectivity index (χ2n) is 1.91. The smallest absolute Gasteiger partial charge is 0.126 e. The van der Waals surface area contributed by atoms with Crippen molar-refractivity contribution in [3.05, 3.63) is 29.6 Å². The first-order valence-corrected chi connectivity index (χ1v) is 3.89. The van der Waals surface area contributed by atoms with Gasteiger partial charge in [0.1, 0.15) is 11.6 Å². The number of phenolic OH excluding ortho intramolecular Hbond substituents is 1. The number of alkyl halides is 1. The number of rotatable bonds is 1. The SMILES string of the molecule is Oc1cc(F)ccc1CBr. The molecule has 0 aliphatic rings. The van der Waals surface area contributed by atoms with Gasteiger partial charge in [-0.05, 0) is 6.07 Å². The van der Waals surface area contributed by atoms with Gasteiger partial charge in [-0.2, -0.15) is 0 Å². The first-order chi connectivity index (χ1) is 4.74. The van der Waals surface area contributed by atoms with Crippen LogP contribution in [0.1, 0.15) is 5.56 Å². The zero-order valence-corrected chi connectivity index (χ0v) is 6.73. The summed E-state index contributed by atoms with van der Waals surface area (Å²) in [7, 11) is 0. The third-order valence-corrected chi connectivity index (χ3v) is 1.80. The summed E-state index contributed by atoms with van der Waals surface area (Å²) in [6.45, 7) is 0. The van der Waals surface area contributed by atoms with E-state index < -0.39 is 5.82 Å². The summed E-state index contributed by atoms with van der Waals surface area (Å²) < 4.78 is 12.3. The van der Waals surface area contributed by atoms with Gasteiger partial charge >= 0.3 is 0 Å². The van der Waals surface area contributed by atoms with Crippen LogP contribution in [0.25, 0.3) is 0 Å². The maximum absolute atomic E-state index is 12.3. The van der Waals surface area contributed by atoms with Gasteiger partial charge in [-0.25, -0.2) is 4.39 Å². The fourth-order valence-electron chi connectivity index (χ4n) is 0.650. The molecule has 0 radical (unpaired) electrons. The van der Waals surface area contributed by atoms with E-state index >= 15 is 0 Å². The Morgan fingerprint density at radius 3 is 2.70 bits per heavy atom. The van der Waals surface area contributed by atoms with E-state index in [1.54, 1.807) is 6.07 Å². The number of hydrogen-bond acceptors (Lipinski definition) is 1. The van der Waals surface area contributed by atoms with Crippen molar-refractivity contribution in [1.29, 1.82) is 0 Å². The van der Waals surface area contributed by atoms with Crippen molar-refractivity contribution in [3.8, 4) is 5.75 Å². The standard InChI is InChI=1S/C7H6BrFO/c8-4-5-1-2-6(9)3-7(5)10/h1-3,10H,4H2. The summed E-state index contributed by atoms with van der Waals surface area (Å²) in [5, 5.41) is 9.56. The van der Waals surface area contributed by atoms with Crippen LogP contribution in [0.4, 0.5) is 4.39 Å². The molecule has 0 unspecified atom stereocenters. The lowest BCUT2D eigenvalue weighted by Gasteiger charge is -1.98. The molecular weight excluding hydrogens is 199 g/mol. The molecule has 0 aliphatic carbocycles. The summed E-state index contributed by atoms with van der Waals surface area (Å²) >= 11 is 3.15. The Bertz CT molecular complexity index is 237. The van der Waals surface area contributed by atoms with Crippen LogP contribution >= 0.6 is 15.9 Å². The van der Waals surface area contributed by atoms with E-state index in [4.69, 9.17) is 5.11 Å². The highest BCUT2D eigenvalue weighted by Crippen LogP contribution is 2.19. The first kappa shape index (κ1) is 7.54. The lowest BCUT2D eigenvalue weighted by molar-refractivity contribution is 0.464. The van der Waals surface area contributed by atoms with Gasteiger partial charge in [-0.15, -0.1) is 0 Å². The molecular formula is C7H6BrFO. The largest absolute Gasteiger partial charge is 0.508 e. The maximum Gasteiger partial charge on any atom is 0.126 e. The minimum Gasteiger partial charge on any atom is -0.508 e. The third-order valence-electron chi connectivity index (χ3n) is 1.19. The van der Waals surface area contributed by atoms with Gasteiger partial charge in [0.25, 0.3) is 0 Å². The average molecular weight is 205 g/mol. The van der Waals surface area contributed by atoms with Gasteiger partial charge in [0.15, 0.2) is 0 Å². The fourth-order valence-corrected chi connectivity index (χ4v) is 1.12. The molecule has 1 N–H and O–H groups in total. The van der Waals surface area contributed by atoms with E-state index in [1.807, 2.05) is 0 Å². The van der Waals surface area contributed by atoms with Gasteiger partial charge in [-0.1, -0.05) is 22.0 Å². The zero-order chi connectivity index (χ0) is 7.56. The summed E-state index contributed by atoms with van der Waals surface area (Å²) in [4.78, 5) is 0. The Kier molecular flexibility index (Phi) is 2.27. The molecule has 3 heteroatoms. The van der Waals surface area contributed by atoms with Gasteiger partial charge in [0, 0.05) is 17.0 Å². The van der Waals surface area contributed by atoms with Crippen LogP contribution in [0.15, 0.2) is 18.2 Å². The molecule has 1 nitrogen and oxygen atoms in total. The van der Waals surface area contributed by atoms with E-state index in [-0.39, 0.29) is 5.75 Å². The molecule has 0 aromatic heterocycles. The van der Waals surface area contributed by atoms with E-state index in [1.165, 1.54) is 6.07 Å². The number of aromatic hydroxyl groups is 1. The average Bonchev–Trinajstić information content (AvgIpc) is 1.88. The highest BCUT2D eigenvalue weighted by atomic mass is 79.9. The van der Waals surface area contributed by atoms with Crippen LogP contribution in [0.3, 0.4) is 0 Å². The van der Waals surface area contributed by atoms with Crippen LogP contribution in [0, 0.1) is 5.82 Å². The van der Waals surface area contributed by atoms with Crippen LogP contribution < -0.4 is 0 Å². The topological polar surface area (TPSA) is 20.2 Å². The highest BCUT2D eigenvalue weighted by Gasteiger charge is 1.98. The molecule has 54 valence electrons. The van der Waals surface area contributed by atoms with Crippen LogP contribution in [-0.4, -0.2) is 5.11 Å². The Balaban J connectivity index is 3.07. The van der Waals surface area contributed by atoms with Crippen LogP contribution in [0.2, 0.25) is 0 Å². The van der Waals surface area contributed by atoms with E-state index in [2.05, 4.69) is 15.9 Å². The van der Waals surface area contributed by atoms with Crippen molar-refractivity contribution >= 4 is 15.9 Å². The summed E-state index contributed by atoms with van der Waals surface area (Å²) in [6.07, 6.45) is 0. The number of hydrogen-bond donors (Lipinski definition) is 1. The summed E-state index contributed by atoms with van der Waals surface area (Å²) in [5.41, 5.74) is 0.696. The van der Waals surface area contributed by atoms with Crippen molar-refractivity contribution in [2.75, 3.05) is 0 Å². The Labute approximate surface area is 66.6 Å². The van der Waals surface area contributed by atoms with Crippen LogP contribution in [-0.2, 0) is 5.33 Å². The molecule has 1 rings (SSSR count). The highest BCUT2D eigenvalue weighted by molar-refractivity contribution is 9.08. The zero-order valence-electron chi connectivity index (χ0n) is 5.14. The van der Waals surface area contributed by atoms with Crippen molar-refractivity contribution in [1.82, 2.24) is 0 Å². The molecule has 0 saturated heterocycles. The fraction of sp³-hybridized carbons (Fsp3) is 0.143. The van der Waals surface area contributed by atoms with Crippen molar-refractivity contribution in [2.45, 2.75) is 5.33 Å². The monoisotopic (exact) mass is 204 g/mol. The van der Waals surface area contributed by atoms with Crippen molar-refractivity contribution < 1.29 is 9.50 Å². The molecule has 1 aromatic carbocycles. The molecule has 10 heavy (non-hydrogen) atoms. The normalized spacial score (nSPS) is 9.80. The molecule has 0 atom stereocenters. The Morgan fingerprint density at radius 1 is 1.50 bits per heavy atom. The lowest BCUT2D eigenvalue weighted by atomic mass is 10.2. The molecule has 0 amide bonds. The second kappa shape index (κ2) is 3.01. The summed E-state index contributed by atoms with van der Waals surface area (Å²) in [6, 6.07) is 3.95. The molecule has 0 fully saturated rings. The van der Waals surface area contributed by atoms with Gasteiger partial charge < -0.3 is 5.11 Å². The van der Waals surface area contributed by atoms with Crippen LogP contribution in [0.5, 0.6) is 5.75 Å². The molecule has 0 aliphatic heterocycles. The predicted molar refractivity (Wildman–Crippen MR) is 40.7 cm³/mol. The first-order valence-electron chi connectivity index (χ1n) is 2.77. The minimum atomic E-state index is -0.415. The number of halogens is 2. The third kappa shape index (κ3) is 1.48. The molecule has 0 bridgehead atoms. The molecule has 1 aromatic rings. The molecule has 0 heterocycles. The maximum atomic E-state index is 12.3. The lowest BCUT2D eigenvalue weighted by Crippen LogP contribution is -1.80. The summed E-state index contributed by atoms with van der Waals surface area (Å²) in [5.74, 6) is -0.418. The van der Waals surface area contributed by atoms with Crippen molar-refractivity contribution in [2.24, 2.45) is 0 Å². The van der Waals surface area contributed by atoms with E-state index in [0.29, 0.717) is 10.9 Å². The Morgan fingerprint density at radius 2 is 2.20 bits per heavy atom. The quantitative estimate of drug-likeness (QED) is 0.698. The van der Waals surface area contributed by atoms with Gasteiger partial charge in [0.05, 0.1) is 0 Å². The molecule has 0 spiro atoms. The molecule has 0 saturated carbocycles. The Hall–Kier alpha value is -0.570. The van der Waals surface area contributed by atoms with Gasteiger partial charge in [-0.3, -0.25) is 0 Å². The minimum absolute atomic E-state index is 0.00289. The second-order valence-corrected chi connectivity index (χ2v) is 2.47. The van der Waals surface area contributed by atoms with E-state index in [0.717, 1.165) is 6.07 Å². The van der Waals surface area contributed by atoms with E-state index in [9.17, 15) is 4.39 Å². The van der Waals surface area contributed by atoms with Gasteiger partial charge in [0.2, 0.25) is 0 Å².